The molecule has 0 bridgehead atoms. The van der Waals surface area contributed by atoms with E-state index in [1.165, 1.54) is 0 Å². The van der Waals surface area contributed by atoms with Gasteiger partial charge in [0, 0.05) is 26.8 Å². The highest BCUT2D eigenvalue weighted by atomic mass is 32.2. The molecule has 0 aromatic carbocycles. The first kappa shape index (κ1) is 15.1. The van der Waals surface area contributed by atoms with Crippen LogP contribution in [-0.2, 0) is 21.3 Å². The molecule has 0 saturated carbocycles. The Hall–Kier alpha value is -0.960. The van der Waals surface area contributed by atoms with Crippen molar-refractivity contribution in [1.82, 2.24) is 20.2 Å². The van der Waals surface area contributed by atoms with E-state index in [4.69, 9.17) is 4.74 Å². The summed E-state index contributed by atoms with van der Waals surface area (Å²) >= 11 is 0. The lowest BCUT2D eigenvalue weighted by atomic mass is 10.4. The summed E-state index contributed by atoms with van der Waals surface area (Å²) in [5.41, 5.74) is 1.04. The number of nitrogens with one attached hydrogen (secondary N) is 3. The number of rotatable bonds is 8. The molecule has 0 aliphatic rings. The van der Waals surface area contributed by atoms with Crippen LogP contribution in [-0.4, -0.2) is 45.9 Å². The lowest BCUT2D eigenvalue weighted by molar-refractivity contribution is 0.196. The number of nitrogens with zero attached hydrogens (tertiary/aromatic N) is 1. The average Bonchev–Trinajstić information content (AvgIpc) is 2.67. The van der Waals surface area contributed by atoms with Gasteiger partial charge in [-0.3, -0.25) is 5.10 Å². The van der Waals surface area contributed by atoms with Crippen LogP contribution in [0.1, 0.15) is 17.8 Å². The largest absolute Gasteiger partial charge is 0.385 e. The number of hydrogen-bond acceptors (Lipinski definition) is 5. The predicted octanol–water partition coefficient (Wildman–Crippen LogP) is -0.248. The Balaban J connectivity index is 2.80. The molecule has 0 atom stereocenters. The van der Waals surface area contributed by atoms with Crippen LogP contribution in [0.15, 0.2) is 4.90 Å². The number of H-pyrrole nitrogens is 1. The van der Waals surface area contributed by atoms with Crippen LogP contribution in [0.4, 0.5) is 0 Å². The van der Waals surface area contributed by atoms with Crippen LogP contribution in [0.25, 0.3) is 0 Å². The monoisotopic (exact) mass is 276 g/mol. The lowest BCUT2D eigenvalue weighted by Crippen LogP contribution is -2.27. The third-order valence-corrected chi connectivity index (χ3v) is 4.05. The zero-order valence-electron chi connectivity index (χ0n) is 10.9. The molecule has 18 heavy (non-hydrogen) atoms. The van der Waals surface area contributed by atoms with E-state index in [2.05, 4.69) is 20.2 Å². The molecule has 0 radical (unpaired) electrons. The van der Waals surface area contributed by atoms with E-state index in [0.717, 1.165) is 0 Å². The molecule has 1 aromatic heterocycles. The second-order valence-corrected chi connectivity index (χ2v) is 5.60. The molecule has 1 heterocycles. The van der Waals surface area contributed by atoms with Crippen LogP contribution in [0.3, 0.4) is 0 Å². The van der Waals surface area contributed by atoms with E-state index in [0.29, 0.717) is 37.5 Å². The highest BCUT2D eigenvalue weighted by molar-refractivity contribution is 7.89. The first-order valence-electron chi connectivity index (χ1n) is 5.70. The van der Waals surface area contributed by atoms with Crippen molar-refractivity contribution in [3.05, 3.63) is 11.4 Å². The maximum absolute atomic E-state index is 12.1. The molecule has 0 aliphatic carbocycles. The number of methoxy groups -OCH3 is 1. The summed E-state index contributed by atoms with van der Waals surface area (Å²) in [4.78, 5) is 0.231. The van der Waals surface area contributed by atoms with Crippen molar-refractivity contribution in [1.29, 1.82) is 0 Å². The zero-order chi connectivity index (χ0) is 13.6. The molecule has 0 fully saturated rings. The summed E-state index contributed by atoms with van der Waals surface area (Å²) in [6, 6.07) is 0. The second kappa shape index (κ2) is 6.83. The van der Waals surface area contributed by atoms with E-state index >= 15 is 0 Å². The van der Waals surface area contributed by atoms with Crippen molar-refractivity contribution in [2.45, 2.75) is 24.8 Å². The summed E-state index contributed by atoms with van der Waals surface area (Å²) in [6.07, 6.45) is 0.633. The molecule has 7 nitrogen and oxygen atoms in total. The van der Waals surface area contributed by atoms with E-state index in [9.17, 15) is 8.42 Å². The Morgan fingerprint density at radius 1 is 1.44 bits per heavy atom. The van der Waals surface area contributed by atoms with Gasteiger partial charge < -0.3 is 10.1 Å². The predicted molar refractivity (Wildman–Crippen MR) is 67.8 cm³/mol. The van der Waals surface area contributed by atoms with Crippen molar-refractivity contribution in [2.24, 2.45) is 0 Å². The van der Waals surface area contributed by atoms with Crippen LogP contribution in [0, 0.1) is 6.92 Å². The number of sulfonamides is 1. The molecule has 1 rings (SSSR count). The summed E-state index contributed by atoms with van der Waals surface area (Å²) in [7, 11) is -0.195. The van der Waals surface area contributed by atoms with Gasteiger partial charge in [-0.25, -0.2) is 13.1 Å². The standard InChI is InChI=1S/C10H20N4O3S/c1-8-10(9(7-11-2)14-13-8)18(15,16)12-5-4-6-17-3/h11-12H,4-7H2,1-3H3,(H,13,14). The Kier molecular flexibility index (Phi) is 5.73. The van der Waals surface area contributed by atoms with Gasteiger partial charge in [-0.2, -0.15) is 5.10 Å². The SMILES string of the molecule is CNCc1n[nH]c(C)c1S(=O)(=O)NCCCOC. The van der Waals surface area contributed by atoms with Gasteiger partial charge in [-0.15, -0.1) is 0 Å². The van der Waals surface area contributed by atoms with E-state index in [1.807, 2.05) is 0 Å². The third-order valence-electron chi connectivity index (χ3n) is 2.39. The number of ether oxygens (including phenoxy) is 1. The highest BCUT2D eigenvalue weighted by Gasteiger charge is 2.23. The van der Waals surface area contributed by atoms with Crippen LogP contribution < -0.4 is 10.0 Å². The molecule has 1 aromatic rings. The lowest BCUT2D eigenvalue weighted by Gasteiger charge is -2.07. The normalized spacial score (nSPS) is 11.9. The summed E-state index contributed by atoms with van der Waals surface area (Å²) in [5.74, 6) is 0. The van der Waals surface area contributed by atoms with Crippen LogP contribution >= 0.6 is 0 Å². The fourth-order valence-corrected chi connectivity index (χ4v) is 3.04. The first-order chi connectivity index (χ1) is 8.53. The Labute approximate surface area is 107 Å². The van der Waals surface area contributed by atoms with Gasteiger partial charge >= 0.3 is 0 Å². The van der Waals surface area contributed by atoms with Gasteiger partial charge in [0.15, 0.2) is 0 Å². The van der Waals surface area contributed by atoms with Gasteiger partial charge in [0.1, 0.15) is 4.90 Å². The van der Waals surface area contributed by atoms with E-state index in [1.54, 1.807) is 21.1 Å². The minimum atomic E-state index is -3.52. The summed E-state index contributed by atoms with van der Waals surface area (Å²) in [6.45, 7) is 2.96. The van der Waals surface area contributed by atoms with Crippen LogP contribution in [0.5, 0.6) is 0 Å². The van der Waals surface area contributed by atoms with Gasteiger partial charge in [0.25, 0.3) is 0 Å². The topological polar surface area (TPSA) is 96.1 Å². The van der Waals surface area contributed by atoms with Crippen molar-refractivity contribution < 1.29 is 13.2 Å². The molecule has 0 amide bonds. The third kappa shape index (κ3) is 3.77. The molecular formula is C10H20N4O3S. The zero-order valence-corrected chi connectivity index (χ0v) is 11.7. The van der Waals surface area contributed by atoms with E-state index < -0.39 is 10.0 Å². The number of aromatic nitrogens is 2. The maximum atomic E-state index is 12.1. The highest BCUT2D eigenvalue weighted by Crippen LogP contribution is 2.17. The van der Waals surface area contributed by atoms with Gasteiger partial charge in [-0.05, 0) is 20.4 Å². The van der Waals surface area contributed by atoms with Crippen molar-refractivity contribution in [3.8, 4) is 0 Å². The van der Waals surface area contributed by atoms with Gasteiger partial charge in [-0.1, -0.05) is 0 Å². The molecule has 104 valence electrons. The smallest absolute Gasteiger partial charge is 0.244 e. The fraction of sp³-hybridized carbons (Fsp3) is 0.700. The molecule has 0 aliphatic heterocycles. The number of aryl methyl sites for hydroxylation is 1. The number of aromatic amines is 1. The molecule has 0 unspecified atom stereocenters. The maximum Gasteiger partial charge on any atom is 0.244 e. The summed E-state index contributed by atoms with van der Waals surface area (Å²) in [5, 5.41) is 9.57. The van der Waals surface area contributed by atoms with Gasteiger partial charge in [0.05, 0.1) is 11.4 Å². The molecule has 3 N–H and O–H groups in total. The van der Waals surface area contributed by atoms with Crippen molar-refractivity contribution in [3.63, 3.8) is 0 Å². The molecule has 0 spiro atoms. The number of hydrogen-bond donors (Lipinski definition) is 3. The molecule has 8 heteroatoms. The average molecular weight is 276 g/mol. The van der Waals surface area contributed by atoms with Crippen LogP contribution in [0.2, 0.25) is 0 Å². The Morgan fingerprint density at radius 3 is 2.78 bits per heavy atom. The van der Waals surface area contributed by atoms with Crippen molar-refractivity contribution in [2.75, 3.05) is 27.3 Å². The Morgan fingerprint density at radius 2 is 2.17 bits per heavy atom. The summed E-state index contributed by atoms with van der Waals surface area (Å²) < 4.78 is 31.7. The fourth-order valence-electron chi connectivity index (χ4n) is 1.61. The van der Waals surface area contributed by atoms with Crippen molar-refractivity contribution >= 4 is 10.0 Å². The van der Waals surface area contributed by atoms with E-state index in [-0.39, 0.29) is 4.90 Å². The minimum Gasteiger partial charge on any atom is -0.385 e. The second-order valence-electron chi connectivity index (χ2n) is 3.90. The minimum absolute atomic E-state index is 0.231. The molecular weight excluding hydrogens is 256 g/mol. The van der Waals surface area contributed by atoms with Gasteiger partial charge in [0.2, 0.25) is 10.0 Å². The first-order valence-corrected chi connectivity index (χ1v) is 7.18. The Bertz CT molecular complexity index is 469. The molecule has 0 saturated heterocycles. The quantitative estimate of drug-likeness (QED) is 0.569.